The third kappa shape index (κ3) is 4.03. The highest BCUT2D eigenvalue weighted by Crippen LogP contribution is 2.38. The number of alkyl halides is 2. The molecule has 10 nitrogen and oxygen atoms in total. The fourth-order valence-corrected chi connectivity index (χ4v) is 5.24. The number of aromatic nitrogens is 6. The van der Waals surface area contributed by atoms with Crippen molar-refractivity contribution in [3.63, 3.8) is 0 Å². The van der Waals surface area contributed by atoms with Crippen molar-refractivity contribution in [2.45, 2.75) is 57.4 Å². The molecule has 0 unspecified atom stereocenters. The number of nitrogens with one attached hydrogen (secondary N) is 2. The van der Waals surface area contributed by atoms with E-state index in [1.165, 1.54) is 4.57 Å². The number of pyridine rings is 1. The fourth-order valence-electron chi connectivity index (χ4n) is 5.24. The molecule has 0 aromatic carbocycles. The average Bonchev–Trinajstić information content (AvgIpc) is 3.58. The summed E-state index contributed by atoms with van der Waals surface area (Å²) < 4.78 is 45.0. The van der Waals surface area contributed by atoms with E-state index in [0.717, 1.165) is 36.8 Å². The lowest BCUT2D eigenvalue weighted by molar-refractivity contribution is -0.177. The molecule has 1 saturated carbocycles. The number of H-pyrrole nitrogens is 1. The lowest BCUT2D eigenvalue weighted by atomic mass is 9.90. The first-order chi connectivity index (χ1) is 17.4. The van der Waals surface area contributed by atoms with Crippen molar-refractivity contribution in [2.75, 3.05) is 25.6 Å². The molecule has 190 valence electrons. The Bertz CT molecular complexity index is 1400. The average molecular weight is 500 g/mol. The second-order valence-corrected chi connectivity index (χ2v) is 9.24. The van der Waals surface area contributed by atoms with Gasteiger partial charge in [-0.3, -0.25) is 0 Å². The maximum absolute atomic E-state index is 13.1. The van der Waals surface area contributed by atoms with Gasteiger partial charge in [-0.05, 0) is 25.8 Å². The highest BCUT2D eigenvalue weighted by atomic mass is 19.3. The van der Waals surface area contributed by atoms with E-state index in [0.29, 0.717) is 53.1 Å². The summed E-state index contributed by atoms with van der Waals surface area (Å²) in [6.07, 6.45) is 4.40. The summed E-state index contributed by atoms with van der Waals surface area (Å²) in [5, 5.41) is 4.12. The molecular weight excluding hydrogens is 472 g/mol. The highest BCUT2D eigenvalue weighted by molar-refractivity contribution is 5.98. The second kappa shape index (κ2) is 8.93. The molecule has 36 heavy (non-hydrogen) atoms. The van der Waals surface area contributed by atoms with Gasteiger partial charge >= 0.3 is 0 Å². The van der Waals surface area contributed by atoms with Gasteiger partial charge in [-0.2, -0.15) is 9.97 Å². The lowest BCUT2D eigenvalue weighted by Gasteiger charge is -2.35. The predicted octanol–water partition coefficient (Wildman–Crippen LogP) is 4.05. The third-order valence-corrected chi connectivity index (χ3v) is 7.01. The van der Waals surface area contributed by atoms with Crippen LogP contribution in [-0.4, -0.2) is 68.1 Å². The molecule has 1 spiro atoms. The molecule has 2 N–H and O–H groups in total. The number of imidazole rings is 1. The van der Waals surface area contributed by atoms with Gasteiger partial charge in [-0.25, -0.2) is 18.7 Å². The van der Waals surface area contributed by atoms with Gasteiger partial charge in [0.15, 0.2) is 11.4 Å². The van der Waals surface area contributed by atoms with E-state index < -0.39 is 18.8 Å². The smallest absolute Gasteiger partial charge is 0.256 e. The monoisotopic (exact) mass is 499 g/mol. The Hall–Kier alpha value is -3.38. The molecule has 0 atom stereocenters. The number of aromatic amines is 1. The topological polar surface area (TPSA) is 112 Å². The summed E-state index contributed by atoms with van der Waals surface area (Å²) in [4.78, 5) is 21.2. The fraction of sp³-hybridized carbons (Fsp3) is 0.500. The minimum absolute atomic E-state index is 0.199. The maximum Gasteiger partial charge on any atom is 0.256 e. The van der Waals surface area contributed by atoms with Gasteiger partial charge in [-0.15, -0.1) is 0 Å². The third-order valence-electron chi connectivity index (χ3n) is 7.01. The van der Waals surface area contributed by atoms with Crippen LogP contribution in [0.3, 0.4) is 0 Å². The minimum atomic E-state index is -2.50. The molecular formula is C24H27F2N7O3. The molecule has 5 heterocycles. The van der Waals surface area contributed by atoms with Gasteiger partial charge in [0.1, 0.15) is 11.5 Å². The first kappa shape index (κ1) is 23.0. The molecule has 4 aromatic heterocycles. The van der Waals surface area contributed by atoms with E-state index in [4.69, 9.17) is 14.2 Å². The maximum atomic E-state index is 13.1. The van der Waals surface area contributed by atoms with Crippen LogP contribution >= 0.6 is 0 Å². The molecule has 12 heteroatoms. The van der Waals surface area contributed by atoms with Crippen LogP contribution < -0.4 is 10.1 Å². The minimum Gasteiger partial charge on any atom is -0.480 e. The van der Waals surface area contributed by atoms with E-state index in [1.807, 2.05) is 6.07 Å². The highest BCUT2D eigenvalue weighted by Gasteiger charge is 2.40. The Balaban J connectivity index is 1.30. The van der Waals surface area contributed by atoms with Crippen LogP contribution in [0.15, 0.2) is 18.5 Å². The van der Waals surface area contributed by atoms with Crippen molar-refractivity contribution in [3.8, 4) is 17.0 Å². The van der Waals surface area contributed by atoms with Crippen LogP contribution in [0.2, 0.25) is 0 Å². The number of halogens is 2. The second-order valence-electron chi connectivity index (χ2n) is 9.24. The van der Waals surface area contributed by atoms with Crippen molar-refractivity contribution >= 4 is 28.1 Å². The Kier molecular flexibility index (Phi) is 5.72. The first-order valence-corrected chi connectivity index (χ1v) is 12.0. The number of ether oxygens (including phenoxy) is 3. The summed E-state index contributed by atoms with van der Waals surface area (Å²) >= 11 is 0. The van der Waals surface area contributed by atoms with E-state index in [2.05, 4.69) is 30.2 Å². The summed E-state index contributed by atoms with van der Waals surface area (Å²) in [7, 11) is 1.56. The van der Waals surface area contributed by atoms with Gasteiger partial charge in [0.2, 0.25) is 11.8 Å². The Morgan fingerprint density at radius 3 is 2.72 bits per heavy atom. The zero-order chi connectivity index (χ0) is 24.9. The van der Waals surface area contributed by atoms with Crippen molar-refractivity contribution in [1.82, 2.24) is 29.5 Å². The summed E-state index contributed by atoms with van der Waals surface area (Å²) in [6.45, 7) is 2.56. The predicted molar refractivity (Wildman–Crippen MR) is 128 cm³/mol. The lowest BCUT2D eigenvalue weighted by Crippen LogP contribution is -2.39. The van der Waals surface area contributed by atoms with Gasteiger partial charge in [0, 0.05) is 42.4 Å². The van der Waals surface area contributed by atoms with Crippen molar-refractivity contribution in [2.24, 2.45) is 0 Å². The number of hydrogen-bond donors (Lipinski definition) is 2. The summed E-state index contributed by atoms with van der Waals surface area (Å²) in [5.74, 6) is 0.949. The molecule has 0 radical (unpaired) electrons. The molecule has 2 fully saturated rings. The van der Waals surface area contributed by atoms with Crippen LogP contribution in [0.25, 0.3) is 33.3 Å². The van der Waals surface area contributed by atoms with E-state index in [-0.39, 0.29) is 6.04 Å². The largest absolute Gasteiger partial charge is 0.480 e. The molecule has 2 aliphatic rings. The number of hydrogen-bond acceptors (Lipinski definition) is 8. The van der Waals surface area contributed by atoms with Crippen LogP contribution in [0, 0.1) is 6.92 Å². The van der Waals surface area contributed by atoms with Crippen molar-refractivity contribution in [1.29, 1.82) is 0 Å². The van der Waals surface area contributed by atoms with Gasteiger partial charge in [0.05, 0.1) is 37.8 Å². The molecule has 6 rings (SSSR count). The van der Waals surface area contributed by atoms with Crippen molar-refractivity contribution < 1.29 is 23.0 Å². The van der Waals surface area contributed by atoms with E-state index in [9.17, 15) is 8.78 Å². The Morgan fingerprint density at radius 2 is 2.00 bits per heavy atom. The molecule has 1 aliphatic carbocycles. The molecule has 0 bridgehead atoms. The van der Waals surface area contributed by atoms with Crippen LogP contribution in [0.5, 0.6) is 5.88 Å². The van der Waals surface area contributed by atoms with Crippen LogP contribution in [0.4, 0.5) is 14.7 Å². The standard InChI is InChI=1S/C24H27F2N7O3/c1-13-29-20-17(33(13)12-18(25)26)9-14(10-27-20)16-11-28-21-19(16)22(34-2)32-23(31-21)30-15-3-5-24(6-4-15)35-7-8-36-24/h9-11,15,18H,3-8,12H2,1-2H3,(H2,28,30,31,32). The number of aryl methyl sites for hydroxylation is 1. The number of rotatable bonds is 6. The van der Waals surface area contributed by atoms with E-state index >= 15 is 0 Å². The van der Waals surface area contributed by atoms with Crippen molar-refractivity contribution in [3.05, 3.63) is 24.3 Å². The SMILES string of the molecule is COc1nc(NC2CCC3(CC2)OCCO3)nc2[nH]cc(-c3cnc4nc(C)n(CC(F)F)c4c3)c12. The Labute approximate surface area is 205 Å². The molecule has 4 aromatic rings. The summed E-state index contributed by atoms with van der Waals surface area (Å²) in [5.41, 5.74) is 3.06. The zero-order valence-corrected chi connectivity index (χ0v) is 20.1. The number of nitrogens with zero attached hydrogens (tertiary/aromatic N) is 5. The van der Waals surface area contributed by atoms with Crippen LogP contribution in [-0.2, 0) is 16.0 Å². The number of fused-ring (bicyclic) bond motifs is 2. The zero-order valence-electron chi connectivity index (χ0n) is 20.1. The van der Waals surface area contributed by atoms with Gasteiger partial charge < -0.3 is 29.1 Å². The first-order valence-electron chi connectivity index (χ1n) is 12.0. The normalized spacial score (nSPS) is 18.1. The quantitative estimate of drug-likeness (QED) is 0.409. The summed E-state index contributed by atoms with van der Waals surface area (Å²) in [6, 6.07) is 2.01. The Morgan fingerprint density at radius 1 is 1.22 bits per heavy atom. The van der Waals surface area contributed by atoms with Gasteiger partial charge in [-0.1, -0.05) is 0 Å². The van der Waals surface area contributed by atoms with Gasteiger partial charge in [0.25, 0.3) is 6.43 Å². The molecule has 1 saturated heterocycles. The number of methoxy groups -OCH3 is 1. The molecule has 0 amide bonds. The van der Waals surface area contributed by atoms with Crippen LogP contribution in [0.1, 0.15) is 31.5 Å². The van der Waals surface area contributed by atoms with E-state index in [1.54, 1.807) is 26.4 Å². The number of anilines is 1. The molecule has 1 aliphatic heterocycles.